The zero-order valence-electron chi connectivity index (χ0n) is 15.8. The topological polar surface area (TPSA) is 78.9 Å². The number of nitrogens with zero attached hydrogens (tertiary/aromatic N) is 2. The minimum atomic E-state index is -3.50. The van der Waals surface area contributed by atoms with Crippen molar-refractivity contribution in [2.75, 3.05) is 44.6 Å². The van der Waals surface area contributed by atoms with Crippen molar-refractivity contribution in [3.8, 4) is 0 Å². The fraction of sp³-hybridized carbons (Fsp3) is 0.611. The van der Waals surface area contributed by atoms with Gasteiger partial charge in [-0.2, -0.15) is 4.31 Å². The summed E-state index contributed by atoms with van der Waals surface area (Å²) in [6.07, 6.45) is 0.0776. The Morgan fingerprint density at radius 2 is 1.73 bits per heavy atom. The standard InChI is InChI=1S/C18H29N3O4S/c1-4-17(25-6-3)18(22)19-15-7-9-16(10-8-15)26(23,24)21-13-11-20(5-2)12-14-21/h7-10,17H,4-6,11-14H2,1-3H3,(H,19,22). The van der Waals surface area contributed by atoms with Gasteiger partial charge >= 0.3 is 0 Å². The van der Waals surface area contributed by atoms with Crippen molar-refractivity contribution < 1.29 is 17.9 Å². The van der Waals surface area contributed by atoms with Crippen molar-refractivity contribution in [3.63, 3.8) is 0 Å². The van der Waals surface area contributed by atoms with Crippen LogP contribution < -0.4 is 5.32 Å². The summed E-state index contributed by atoms with van der Waals surface area (Å²) >= 11 is 0. The van der Waals surface area contributed by atoms with Crippen LogP contribution in [0.1, 0.15) is 27.2 Å². The maximum Gasteiger partial charge on any atom is 0.253 e. The molecule has 1 aliphatic rings. The summed E-state index contributed by atoms with van der Waals surface area (Å²) < 4.78 is 32.4. The summed E-state index contributed by atoms with van der Waals surface area (Å²) in [4.78, 5) is 14.6. The van der Waals surface area contributed by atoms with Crippen LogP contribution in [-0.4, -0.2) is 69.0 Å². The molecule has 146 valence electrons. The fourth-order valence-electron chi connectivity index (χ4n) is 2.95. The van der Waals surface area contributed by atoms with Crippen LogP contribution in [0.25, 0.3) is 0 Å². The summed E-state index contributed by atoms with van der Waals surface area (Å²) in [6, 6.07) is 6.31. The zero-order chi connectivity index (χ0) is 19.2. The van der Waals surface area contributed by atoms with Crippen LogP contribution in [0.4, 0.5) is 5.69 Å². The van der Waals surface area contributed by atoms with E-state index in [1.54, 1.807) is 24.3 Å². The highest BCUT2D eigenvalue weighted by molar-refractivity contribution is 7.89. The number of hydrogen-bond acceptors (Lipinski definition) is 5. The number of likely N-dealkylation sites (N-methyl/N-ethyl adjacent to an activating group) is 1. The van der Waals surface area contributed by atoms with Crippen LogP contribution in [0.3, 0.4) is 0 Å². The molecule has 1 heterocycles. The lowest BCUT2D eigenvalue weighted by Gasteiger charge is -2.33. The van der Waals surface area contributed by atoms with Crippen molar-refractivity contribution in [3.05, 3.63) is 24.3 Å². The van der Waals surface area contributed by atoms with Crippen LogP contribution in [-0.2, 0) is 19.6 Å². The number of rotatable bonds is 8. The van der Waals surface area contributed by atoms with Gasteiger partial charge in [-0.05, 0) is 44.2 Å². The molecule has 0 saturated carbocycles. The van der Waals surface area contributed by atoms with Crippen molar-refractivity contribution in [2.24, 2.45) is 0 Å². The molecule has 1 amide bonds. The second-order valence-electron chi connectivity index (χ2n) is 6.20. The lowest BCUT2D eigenvalue weighted by molar-refractivity contribution is -0.127. The third kappa shape index (κ3) is 5.03. The molecule has 1 N–H and O–H groups in total. The van der Waals surface area contributed by atoms with E-state index in [1.807, 2.05) is 13.8 Å². The Labute approximate surface area is 156 Å². The third-order valence-corrected chi connectivity index (χ3v) is 6.48. The molecule has 1 aliphatic heterocycles. The quantitative estimate of drug-likeness (QED) is 0.740. The average molecular weight is 384 g/mol. The van der Waals surface area contributed by atoms with E-state index in [4.69, 9.17) is 4.74 Å². The number of piperazine rings is 1. The molecule has 1 atom stereocenters. The molecule has 1 aromatic rings. The number of carbonyl (C=O) groups is 1. The van der Waals surface area contributed by atoms with Gasteiger partial charge < -0.3 is 15.0 Å². The first kappa shape index (κ1) is 20.8. The monoisotopic (exact) mass is 383 g/mol. The van der Waals surface area contributed by atoms with Gasteiger partial charge in [0.1, 0.15) is 6.10 Å². The van der Waals surface area contributed by atoms with Crippen molar-refractivity contribution in [1.29, 1.82) is 0 Å². The summed E-state index contributed by atoms with van der Waals surface area (Å²) in [5, 5.41) is 2.77. The maximum atomic E-state index is 12.8. The number of benzene rings is 1. The lowest BCUT2D eigenvalue weighted by Crippen LogP contribution is -2.48. The second kappa shape index (κ2) is 9.45. The van der Waals surface area contributed by atoms with E-state index in [-0.39, 0.29) is 10.8 Å². The molecule has 0 aromatic heterocycles. The molecule has 1 unspecified atom stereocenters. The number of amides is 1. The van der Waals surface area contributed by atoms with Gasteiger partial charge in [-0.1, -0.05) is 13.8 Å². The highest BCUT2D eigenvalue weighted by Gasteiger charge is 2.28. The first-order chi connectivity index (χ1) is 12.4. The lowest BCUT2D eigenvalue weighted by atomic mass is 10.2. The highest BCUT2D eigenvalue weighted by atomic mass is 32.2. The van der Waals surface area contributed by atoms with E-state index in [1.165, 1.54) is 4.31 Å². The Morgan fingerprint density at radius 3 is 2.23 bits per heavy atom. The minimum Gasteiger partial charge on any atom is -0.369 e. The molecule has 1 saturated heterocycles. The number of nitrogens with one attached hydrogen (secondary N) is 1. The molecule has 8 heteroatoms. The Kier molecular flexibility index (Phi) is 7.57. The zero-order valence-corrected chi connectivity index (χ0v) is 16.6. The van der Waals surface area contributed by atoms with E-state index in [2.05, 4.69) is 17.1 Å². The molecule has 26 heavy (non-hydrogen) atoms. The van der Waals surface area contributed by atoms with Crippen LogP contribution in [0.5, 0.6) is 0 Å². The fourth-order valence-corrected chi connectivity index (χ4v) is 4.37. The highest BCUT2D eigenvalue weighted by Crippen LogP contribution is 2.20. The van der Waals surface area contributed by atoms with Crippen LogP contribution >= 0.6 is 0 Å². The van der Waals surface area contributed by atoms with E-state index in [0.717, 1.165) is 19.6 Å². The van der Waals surface area contributed by atoms with Gasteiger partial charge in [-0.3, -0.25) is 4.79 Å². The summed E-state index contributed by atoms with van der Waals surface area (Å²) in [7, 11) is -3.50. The summed E-state index contributed by atoms with van der Waals surface area (Å²) in [5.41, 5.74) is 0.558. The summed E-state index contributed by atoms with van der Waals surface area (Å²) in [6.45, 7) is 9.70. The van der Waals surface area contributed by atoms with Gasteiger partial charge in [0.05, 0.1) is 4.90 Å². The molecule has 1 fully saturated rings. The predicted molar refractivity (Wildman–Crippen MR) is 102 cm³/mol. The first-order valence-electron chi connectivity index (χ1n) is 9.17. The van der Waals surface area contributed by atoms with Crippen molar-refractivity contribution in [1.82, 2.24) is 9.21 Å². The van der Waals surface area contributed by atoms with Crippen LogP contribution in [0, 0.1) is 0 Å². The van der Waals surface area contributed by atoms with E-state index in [0.29, 0.717) is 31.8 Å². The Hall–Kier alpha value is -1.48. The van der Waals surface area contributed by atoms with Gasteiger partial charge in [-0.15, -0.1) is 0 Å². The largest absolute Gasteiger partial charge is 0.369 e. The molecular weight excluding hydrogens is 354 g/mol. The maximum absolute atomic E-state index is 12.8. The van der Waals surface area contributed by atoms with Gasteiger partial charge in [0.15, 0.2) is 0 Å². The molecular formula is C18H29N3O4S. The number of carbonyl (C=O) groups excluding carboxylic acids is 1. The summed E-state index contributed by atoms with van der Waals surface area (Å²) in [5.74, 6) is -0.222. The number of hydrogen-bond donors (Lipinski definition) is 1. The smallest absolute Gasteiger partial charge is 0.253 e. The van der Waals surface area contributed by atoms with Gasteiger partial charge in [0.2, 0.25) is 10.0 Å². The number of sulfonamides is 1. The van der Waals surface area contributed by atoms with Crippen LogP contribution in [0.2, 0.25) is 0 Å². The molecule has 0 aliphatic carbocycles. The first-order valence-corrected chi connectivity index (χ1v) is 10.6. The number of ether oxygens (including phenoxy) is 1. The van der Waals surface area contributed by atoms with Crippen molar-refractivity contribution >= 4 is 21.6 Å². The van der Waals surface area contributed by atoms with Crippen LogP contribution in [0.15, 0.2) is 29.2 Å². The van der Waals surface area contributed by atoms with E-state index >= 15 is 0 Å². The SMILES string of the molecule is CCOC(CC)C(=O)Nc1ccc(S(=O)(=O)N2CCN(CC)CC2)cc1. The molecule has 0 radical (unpaired) electrons. The Balaban J connectivity index is 2.03. The Morgan fingerprint density at radius 1 is 1.12 bits per heavy atom. The van der Waals surface area contributed by atoms with E-state index < -0.39 is 16.1 Å². The van der Waals surface area contributed by atoms with Crippen molar-refractivity contribution in [2.45, 2.75) is 38.2 Å². The second-order valence-corrected chi connectivity index (χ2v) is 8.14. The van der Waals surface area contributed by atoms with E-state index in [9.17, 15) is 13.2 Å². The van der Waals surface area contributed by atoms with Gasteiger partial charge in [-0.25, -0.2) is 8.42 Å². The van der Waals surface area contributed by atoms with Gasteiger partial charge in [0.25, 0.3) is 5.91 Å². The minimum absolute atomic E-state index is 0.222. The molecule has 0 bridgehead atoms. The number of anilines is 1. The average Bonchev–Trinajstić information content (AvgIpc) is 2.66. The molecule has 1 aromatic carbocycles. The predicted octanol–water partition coefficient (Wildman–Crippen LogP) is 1.77. The molecule has 2 rings (SSSR count). The molecule has 7 nitrogen and oxygen atoms in total. The van der Waals surface area contributed by atoms with Gasteiger partial charge in [0, 0.05) is 38.5 Å². The third-order valence-electron chi connectivity index (χ3n) is 4.57. The normalized spacial score (nSPS) is 17.8. The molecule has 0 spiro atoms. The Bertz CT molecular complexity index is 683.